The van der Waals surface area contributed by atoms with Crippen molar-refractivity contribution in [2.75, 3.05) is 14.2 Å². The molecule has 0 amide bonds. The molecule has 0 spiro atoms. The number of fused-ring (bicyclic) bond motifs is 1. The highest BCUT2D eigenvalue weighted by atomic mass is 16.5. The van der Waals surface area contributed by atoms with Gasteiger partial charge in [-0.3, -0.25) is 0 Å². The zero-order valence-corrected chi connectivity index (χ0v) is 18.5. The zero-order valence-electron chi connectivity index (χ0n) is 18.5. The summed E-state index contributed by atoms with van der Waals surface area (Å²) in [6.45, 7) is 4.57. The fourth-order valence-electron chi connectivity index (χ4n) is 5.25. The van der Waals surface area contributed by atoms with Gasteiger partial charge in [-0.2, -0.15) is 0 Å². The fourth-order valence-corrected chi connectivity index (χ4v) is 5.25. The summed E-state index contributed by atoms with van der Waals surface area (Å²) in [5, 5.41) is 0. The minimum Gasteiger partial charge on any atom is -0.497 e. The smallest absolute Gasteiger partial charge is 0.119 e. The molecule has 3 aromatic carbocycles. The summed E-state index contributed by atoms with van der Waals surface area (Å²) < 4.78 is 11.0. The van der Waals surface area contributed by atoms with Crippen LogP contribution in [0.25, 0.3) is 0 Å². The average Bonchev–Trinajstić information content (AvgIpc) is 2.80. The maximum absolute atomic E-state index is 5.59. The third-order valence-corrected chi connectivity index (χ3v) is 6.94. The molecule has 0 radical (unpaired) electrons. The molecular formula is C28H32O2. The summed E-state index contributed by atoms with van der Waals surface area (Å²) in [5.74, 6) is 3.45. The van der Waals surface area contributed by atoms with Gasteiger partial charge in [-0.05, 0) is 89.6 Å². The van der Waals surface area contributed by atoms with Crippen LogP contribution in [-0.4, -0.2) is 14.2 Å². The number of methoxy groups -OCH3 is 2. The Morgan fingerprint density at radius 3 is 2.23 bits per heavy atom. The molecule has 0 saturated heterocycles. The topological polar surface area (TPSA) is 18.5 Å². The van der Waals surface area contributed by atoms with Crippen LogP contribution in [0, 0.1) is 12.8 Å². The minimum absolute atomic E-state index is 0.474. The van der Waals surface area contributed by atoms with Crippen LogP contribution in [0.2, 0.25) is 0 Å². The summed E-state index contributed by atoms with van der Waals surface area (Å²) in [6.07, 6.45) is 3.30. The van der Waals surface area contributed by atoms with Gasteiger partial charge in [0.05, 0.1) is 14.2 Å². The van der Waals surface area contributed by atoms with Gasteiger partial charge in [0.15, 0.2) is 0 Å². The third-order valence-electron chi connectivity index (χ3n) is 6.94. The number of hydrogen-bond donors (Lipinski definition) is 0. The first-order chi connectivity index (χ1) is 14.6. The Morgan fingerprint density at radius 2 is 1.57 bits per heavy atom. The molecule has 2 nitrogen and oxygen atoms in total. The monoisotopic (exact) mass is 400 g/mol. The van der Waals surface area contributed by atoms with Gasteiger partial charge >= 0.3 is 0 Å². The predicted octanol–water partition coefficient (Wildman–Crippen LogP) is 6.70. The second-order valence-electron chi connectivity index (χ2n) is 8.46. The van der Waals surface area contributed by atoms with Crippen molar-refractivity contribution in [3.8, 4) is 11.5 Å². The molecule has 0 heterocycles. The van der Waals surface area contributed by atoms with Crippen LogP contribution < -0.4 is 9.47 Å². The summed E-state index contributed by atoms with van der Waals surface area (Å²) in [5.41, 5.74) is 7.17. The lowest BCUT2D eigenvalue weighted by atomic mass is 9.64. The Balaban J connectivity index is 1.78. The van der Waals surface area contributed by atoms with E-state index in [0.717, 1.165) is 30.8 Å². The first-order valence-corrected chi connectivity index (χ1v) is 11.0. The highest BCUT2D eigenvalue weighted by molar-refractivity contribution is 5.44. The standard InChI is InChI=1S/C28H32O2/c1-5-25-26(20-10-13-23(29-3)14-11-20)17-22-12-15-24(30-4)18-27(22)28(25)16-21-9-7-6-8-19(21)2/h6-15,18,25-26,28H,5,16-17H2,1-4H3. The third kappa shape index (κ3) is 3.96. The molecule has 0 fully saturated rings. The van der Waals surface area contributed by atoms with Crippen LogP contribution in [0.1, 0.15) is 53.0 Å². The van der Waals surface area contributed by atoms with Crippen molar-refractivity contribution in [2.24, 2.45) is 5.92 Å². The second-order valence-corrected chi connectivity index (χ2v) is 8.46. The normalized spacial score (nSPS) is 20.5. The molecule has 3 atom stereocenters. The Hall–Kier alpha value is -2.74. The largest absolute Gasteiger partial charge is 0.497 e. The molecular weight excluding hydrogens is 368 g/mol. The Kier molecular flexibility index (Phi) is 6.13. The van der Waals surface area contributed by atoms with Crippen molar-refractivity contribution in [1.82, 2.24) is 0 Å². The highest BCUT2D eigenvalue weighted by Gasteiger charge is 2.36. The number of benzene rings is 3. The first-order valence-electron chi connectivity index (χ1n) is 11.0. The molecule has 30 heavy (non-hydrogen) atoms. The van der Waals surface area contributed by atoms with E-state index >= 15 is 0 Å². The molecule has 0 saturated carbocycles. The van der Waals surface area contributed by atoms with Crippen LogP contribution in [0.3, 0.4) is 0 Å². The van der Waals surface area contributed by atoms with Gasteiger partial charge in [0.1, 0.15) is 11.5 Å². The predicted molar refractivity (Wildman–Crippen MR) is 124 cm³/mol. The molecule has 3 unspecified atom stereocenters. The van der Waals surface area contributed by atoms with Crippen LogP contribution in [0.15, 0.2) is 66.7 Å². The van der Waals surface area contributed by atoms with E-state index in [1.807, 2.05) is 0 Å². The van der Waals surface area contributed by atoms with Crippen molar-refractivity contribution < 1.29 is 9.47 Å². The van der Waals surface area contributed by atoms with Crippen molar-refractivity contribution >= 4 is 0 Å². The van der Waals surface area contributed by atoms with Crippen molar-refractivity contribution in [2.45, 2.75) is 44.9 Å². The summed E-state index contributed by atoms with van der Waals surface area (Å²) in [7, 11) is 3.49. The van der Waals surface area contributed by atoms with Gasteiger partial charge in [0.25, 0.3) is 0 Å². The molecule has 1 aliphatic rings. The fraction of sp³-hybridized carbons (Fsp3) is 0.357. The lowest BCUT2D eigenvalue weighted by molar-refractivity contribution is 0.310. The van der Waals surface area contributed by atoms with Gasteiger partial charge in [-0.15, -0.1) is 0 Å². The Bertz CT molecular complexity index is 990. The van der Waals surface area contributed by atoms with E-state index in [2.05, 4.69) is 80.6 Å². The molecule has 4 rings (SSSR count). The van der Waals surface area contributed by atoms with E-state index in [0.29, 0.717) is 17.8 Å². The number of aryl methyl sites for hydroxylation is 1. The summed E-state index contributed by atoms with van der Waals surface area (Å²) in [6, 6.07) is 24.2. The minimum atomic E-state index is 0.474. The molecule has 3 aromatic rings. The molecule has 0 bridgehead atoms. The molecule has 1 aliphatic carbocycles. The summed E-state index contributed by atoms with van der Waals surface area (Å²) in [4.78, 5) is 0. The van der Waals surface area contributed by atoms with Gasteiger partial charge in [0, 0.05) is 0 Å². The van der Waals surface area contributed by atoms with E-state index in [1.54, 1.807) is 14.2 Å². The van der Waals surface area contributed by atoms with Crippen LogP contribution >= 0.6 is 0 Å². The Labute approximate surface area is 180 Å². The SMILES string of the molecule is CCC1C(c2ccc(OC)cc2)Cc2ccc(OC)cc2C1Cc1ccccc1C. The maximum atomic E-state index is 5.59. The van der Waals surface area contributed by atoms with Crippen molar-refractivity contribution in [3.63, 3.8) is 0 Å². The summed E-state index contributed by atoms with van der Waals surface area (Å²) >= 11 is 0. The zero-order chi connectivity index (χ0) is 21.1. The molecule has 0 aliphatic heterocycles. The lowest BCUT2D eigenvalue weighted by Crippen LogP contribution is -2.29. The number of rotatable bonds is 6. The van der Waals surface area contributed by atoms with Crippen LogP contribution in [-0.2, 0) is 12.8 Å². The molecule has 156 valence electrons. The first kappa shape index (κ1) is 20.5. The van der Waals surface area contributed by atoms with E-state index in [9.17, 15) is 0 Å². The quantitative estimate of drug-likeness (QED) is 0.458. The van der Waals surface area contributed by atoms with Gasteiger partial charge in [0.2, 0.25) is 0 Å². The van der Waals surface area contributed by atoms with Gasteiger partial charge < -0.3 is 9.47 Å². The molecule has 0 N–H and O–H groups in total. The molecule has 0 aromatic heterocycles. The average molecular weight is 401 g/mol. The van der Waals surface area contributed by atoms with Crippen LogP contribution in [0.4, 0.5) is 0 Å². The molecule has 2 heteroatoms. The second kappa shape index (κ2) is 8.95. The lowest BCUT2D eigenvalue weighted by Gasteiger charge is -2.40. The van der Waals surface area contributed by atoms with E-state index in [4.69, 9.17) is 9.47 Å². The van der Waals surface area contributed by atoms with E-state index in [-0.39, 0.29) is 0 Å². The number of hydrogen-bond acceptors (Lipinski definition) is 2. The van der Waals surface area contributed by atoms with Crippen molar-refractivity contribution in [3.05, 3.63) is 94.5 Å². The van der Waals surface area contributed by atoms with E-state index in [1.165, 1.54) is 27.8 Å². The number of ether oxygens (including phenoxy) is 2. The van der Waals surface area contributed by atoms with Crippen LogP contribution in [0.5, 0.6) is 11.5 Å². The van der Waals surface area contributed by atoms with Gasteiger partial charge in [-0.1, -0.05) is 55.8 Å². The Morgan fingerprint density at radius 1 is 0.867 bits per heavy atom. The highest BCUT2D eigenvalue weighted by Crippen LogP contribution is 2.48. The van der Waals surface area contributed by atoms with Crippen molar-refractivity contribution in [1.29, 1.82) is 0 Å². The maximum Gasteiger partial charge on any atom is 0.119 e. The van der Waals surface area contributed by atoms with Gasteiger partial charge in [-0.25, -0.2) is 0 Å². The van der Waals surface area contributed by atoms with E-state index < -0.39 is 0 Å².